The predicted octanol–water partition coefficient (Wildman–Crippen LogP) is 2.88. The molecule has 0 aromatic heterocycles. The van der Waals surface area contributed by atoms with Gasteiger partial charge in [0.1, 0.15) is 5.69 Å². The number of amides is 1. The number of nitrogens with zero attached hydrogens (tertiary/aromatic N) is 1. The minimum Gasteiger partial charge on any atom is -0.378 e. The van der Waals surface area contributed by atoms with Crippen LogP contribution in [0, 0.1) is 16.0 Å². The molecule has 0 bridgehead atoms. The smallest absolute Gasteiger partial charge is 0.292 e. The maximum absolute atomic E-state index is 12.2. The molecule has 140 valence electrons. The molecule has 8 heteroatoms. The Bertz CT molecular complexity index is 727. The highest BCUT2D eigenvalue weighted by molar-refractivity contribution is 5.85. The van der Waals surface area contributed by atoms with Crippen molar-refractivity contribution in [1.82, 2.24) is 5.32 Å². The van der Waals surface area contributed by atoms with Crippen LogP contribution in [0.4, 0.5) is 11.4 Å². The highest BCUT2D eigenvalue weighted by atomic mass is 35.5. The van der Waals surface area contributed by atoms with Crippen molar-refractivity contribution >= 4 is 29.7 Å². The lowest BCUT2D eigenvalue weighted by molar-refractivity contribution is -0.384. The first-order valence-corrected chi connectivity index (χ1v) is 8.06. The summed E-state index contributed by atoms with van der Waals surface area (Å²) >= 11 is 0. The fourth-order valence-corrected chi connectivity index (χ4v) is 2.45. The van der Waals surface area contributed by atoms with E-state index in [1.807, 2.05) is 30.3 Å². The van der Waals surface area contributed by atoms with E-state index in [0.29, 0.717) is 18.8 Å². The number of carbonyl (C=O) groups is 1. The molecule has 0 saturated carbocycles. The third kappa shape index (κ3) is 5.72. The van der Waals surface area contributed by atoms with Crippen molar-refractivity contribution in [1.29, 1.82) is 0 Å². The van der Waals surface area contributed by atoms with Crippen molar-refractivity contribution in [2.45, 2.75) is 13.0 Å². The van der Waals surface area contributed by atoms with E-state index in [0.717, 1.165) is 5.56 Å². The molecular formula is C18H23ClN4O3. The fraction of sp³-hybridized carbons (Fsp3) is 0.278. The molecule has 0 fully saturated rings. The zero-order chi connectivity index (χ0) is 18.2. The number of anilines is 1. The van der Waals surface area contributed by atoms with Gasteiger partial charge in [0.25, 0.3) is 5.69 Å². The number of nitro benzene ring substituents is 1. The van der Waals surface area contributed by atoms with E-state index in [-0.39, 0.29) is 36.0 Å². The Morgan fingerprint density at radius 2 is 1.73 bits per heavy atom. The van der Waals surface area contributed by atoms with Crippen molar-refractivity contribution in [3.8, 4) is 0 Å². The number of nitro groups is 1. The average molecular weight is 379 g/mol. The van der Waals surface area contributed by atoms with Crippen LogP contribution in [-0.4, -0.2) is 23.9 Å². The summed E-state index contributed by atoms with van der Waals surface area (Å²) in [7, 11) is 0. The average Bonchev–Trinajstić information content (AvgIpc) is 2.64. The number of hydrogen-bond donors (Lipinski definition) is 3. The zero-order valence-corrected chi connectivity index (χ0v) is 15.2. The van der Waals surface area contributed by atoms with Crippen LogP contribution in [0.2, 0.25) is 0 Å². The van der Waals surface area contributed by atoms with Crippen molar-refractivity contribution < 1.29 is 9.72 Å². The first-order valence-electron chi connectivity index (χ1n) is 8.06. The number of halogens is 1. The van der Waals surface area contributed by atoms with Gasteiger partial charge >= 0.3 is 0 Å². The number of benzene rings is 2. The molecule has 4 N–H and O–H groups in total. The monoisotopic (exact) mass is 378 g/mol. The molecule has 2 atom stereocenters. The van der Waals surface area contributed by atoms with Crippen LogP contribution in [0.3, 0.4) is 0 Å². The Labute approximate surface area is 158 Å². The van der Waals surface area contributed by atoms with E-state index < -0.39 is 4.92 Å². The van der Waals surface area contributed by atoms with Gasteiger partial charge < -0.3 is 16.4 Å². The second-order valence-electron chi connectivity index (χ2n) is 5.72. The van der Waals surface area contributed by atoms with Crippen LogP contribution >= 0.6 is 12.4 Å². The molecule has 0 saturated heterocycles. The van der Waals surface area contributed by atoms with Gasteiger partial charge in [0, 0.05) is 25.2 Å². The molecular weight excluding hydrogens is 356 g/mol. The molecule has 0 heterocycles. The Balaban J connectivity index is 0.00000338. The van der Waals surface area contributed by atoms with Crippen molar-refractivity contribution in [2.24, 2.45) is 11.7 Å². The SMILES string of the molecule is CC(C(=O)NCCNc1ccccc1[N+](=O)[O-])C(N)c1ccccc1.Cl. The Morgan fingerprint density at radius 1 is 1.12 bits per heavy atom. The molecule has 26 heavy (non-hydrogen) atoms. The van der Waals surface area contributed by atoms with Crippen LogP contribution < -0.4 is 16.4 Å². The van der Waals surface area contributed by atoms with Gasteiger partial charge in [-0.3, -0.25) is 14.9 Å². The van der Waals surface area contributed by atoms with Gasteiger partial charge in [0.15, 0.2) is 0 Å². The molecule has 1 amide bonds. The van der Waals surface area contributed by atoms with Crippen molar-refractivity contribution in [3.63, 3.8) is 0 Å². The second-order valence-corrected chi connectivity index (χ2v) is 5.72. The maximum atomic E-state index is 12.2. The third-order valence-corrected chi connectivity index (χ3v) is 3.98. The molecule has 2 aromatic carbocycles. The lowest BCUT2D eigenvalue weighted by Gasteiger charge is -2.20. The van der Waals surface area contributed by atoms with Gasteiger partial charge in [-0.05, 0) is 11.6 Å². The quantitative estimate of drug-likeness (QED) is 0.371. The number of nitrogens with two attached hydrogens (primary N) is 1. The Morgan fingerprint density at radius 3 is 2.38 bits per heavy atom. The molecule has 0 aliphatic carbocycles. The molecule has 2 unspecified atom stereocenters. The summed E-state index contributed by atoms with van der Waals surface area (Å²) in [5.74, 6) is -0.533. The minimum absolute atomic E-state index is 0. The lowest BCUT2D eigenvalue weighted by Crippen LogP contribution is -2.37. The highest BCUT2D eigenvalue weighted by Crippen LogP contribution is 2.22. The summed E-state index contributed by atoms with van der Waals surface area (Å²) in [5, 5.41) is 16.7. The number of rotatable bonds is 8. The van der Waals surface area contributed by atoms with Gasteiger partial charge in [0.2, 0.25) is 5.91 Å². The first kappa shape index (κ1) is 21.4. The highest BCUT2D eigenvalue weighted by Gasteiger charge is 2.21. The van der Waals surface area contributed by atoms with Gasteiger partial charge in [-0.1, -0.05) is 49.4 Å². The van der Waals surface area contributed by atoms with Crippen molar-refractivity contribution in [2.75, 3.05) is 18.4 Å². The van der Waals surface area contributed by atoms with Crippen LogP contribution in [0.1, 0.15) is 18.5 Å². The lowest BCUT2D eigenvalue weighted by atomic mass is 9.95. The Kier molecular flexibility index (Phi) is 8.54. The number of hydrogen-bond acceptors (Lipinski definition) is 5. The topological polar surface area (TPSA) is 110 Å². The summed E-state index contributed by atoms with van der Waals surface area (Å²) < 4.78 is 0. The van der Waals surface area contributed by atoms with E-state index in [2.05, 4.69) is 10.6 Å². The van der Waals surface area contributed by atoms with Crippen LogP contribution in [0.25, 0.3) is 0 Å². The molecule has 0 spiro atoms. The van der Waals surface area contributed by atoms with Gasteiger partial charge in [-0.25, -0.2) is 0 Å². The third-order valence-electron chi connectivity index (χ3n) is 3.98. The van der Waals surface area contributed by atoms with E-state index in [1.165, 1.54) is 6.07 Å². The van der Waals surface area contributed by atoms with Gasteiger partial charge in [-0.15, -0.1) is 12.4 Å². The van der Waals surface area contributed by atoms with Crippen LogP contribution in [0.15, 0.2) is 54.6 Å². The number of para-hydroxylation sites is 2. The van der Waals surface area contributed by atoms with Crippen molar-refractivity contribution in [3.05, 3.63) is 70.3 Å². The molecule has 7 nitrogen and oxygen atoms in total. The summed E-state index contributed by atoms with van der Waals surface area (Å²) in [6.45, 7) is 2.50. The molecule has 0 radical (unpaired) electrons. The maximum Gasteiger partial charge on any atom is 0.292 e. The van der Waals surface area contributed by atoms with E-state index in [4.69, 9.17) is 5.73 Å². The van der Waals surface area contributed by atoms with Crippen LogP contribution in [0.5, 0.6) is 0 Å². The Hall–Kier alpha value is -2.64. The summed E-state index contributed by atoms with van der Waals surface area (Å²) in [6, 6.07) is 15.5. The standard InChI is InChI=1S/C18H22N4O3.ClH/c1-13(17(19)14-7-3-2-4-8-14)18(23)21-12-11-20-15-9-5-6-10-16(15)22(24)25;/h2-10,13,17,20H,11-12,19H2,1H3,(H,21,23);1H. The second kappa shape index (κ2) is 10.4. The zero-order valence-electron chi connectivity index (χ0n) is 14.4. The van der Waals surface area contributed by atoms with E-state index in [9.17, 15) is 14.9 Å². The minimum atomic E-state index is -0.443. The van der Waals surface area contributed by atoms with Gasteiger partial charge in [0.05, 0.1) is 10.8 Å². The molecule has 2 aromatic rings. The molecule has 0 aliphatic rings. The summed E-state index contributed by atoms with van der Waals surface area (Å²) in [5.41, 5.74) is 7.48. The summed E-state index contributed by atoms with van der Waals surface area (Å²) in [4.78, 5) is 22.7. The van der Waals surface area contributed by atoms with Crippen LogP contribution in [-0.2, 0) is 4.79 Å². The largest absolute Gasteiger partial charge is 0.378 e. The molecule has 0 aliphatic heterocycles. The van der Waals surface area contributed by atoms with E-state index >= 15 is 0 Å². The first-order chi connectivity index (χ1) is 12.0. The number of nitrogens with one attached hydrogen (secondary N) is 2. The predicted molar refractivity (Wildman–Crippen MR) is 104 cm³/mol. The van der Waals surface area contributed by atoms with E-state index in [1.54, 1.807) is 25.1 Å². The normalized spacial score (nSPS) is 12.4. The number of carbonyl (C=O) groups excluding carboxylic acids is 1. The molecule has 2 rings (SSSR count). The summed E-state index contributed by atoms with van der Waals surface area (Å²) in [6.07, 6.45) is 0. The fourth-order valence-electron chi connectivity index (χ4n) is 2.45. The van der Waals surface area contributed by atoms with Gasteiger partial charge in [-0.2, -0.15) is 0 Å².